The maximum Gasteiger partial charge on any atom is 0.323 e. The Morgan fingerprint density at radius 2 is 0.621 bits per heavy atom. The van der Waals surface area contributed by atoms with Crippen LogP contribution in [0.25, 0.3) is 0 Å². The van der Waals surface area contributed by atoms with E-state index in [4.69, 9.17) is 76.8 Å². The van der Waals surface area contributed by atoms with Crippen LogP contribution in [0.1, 0.15) is 109 Å². The van der Waals surface area contributed by atoms with Gasteiger partial charge in [-0.05, 0) is 95.9 Å². The summed E-state index contributed by atoms with van der Waals surface area (Å²) in [5.41, 5.74) is 3.00. The van der Waals surface area contributed by atoms with Gasteiger partial charge in [0.1, 0.15) is 28.4 Å². The quantitative estimate of drug-likeness (QED) is 0.0375. The minimum Gasteiger partial charge on any atom is -0.459 e. The molecule has 30 nitrogen and oxygen atoms in total. The third-order valence-electron chi connectivity index (χ3n) is 13.1. The van der Waals surface area contributed by atoms with Crippen molar-refractivity contribution in [3.63, 3.8) is 0 Å². The predicted molar refractivity (Wildman–Crippen MR) is 354 cm³/mol. The first-order valence-corrected chi connectivity index (χ1v) is 33.6. The molecule has 1 aliphatic heterocycles. The smallest absolute Gasteiger partial charge is 0.323 e. The summed E-state index contributed by atoms with van der Waals surface area (Å²) >= 11 is 0. The van der Waals surface area contributed by atoms with Crippen molar-refractivity contribution in [1.29, 1.82) is 0 Å². The molecule has 1 rings (SSSR count). The zero-order valence-electron chi connectivity index (χ0n) is 60.1. The van der Waals surface area contributed by atoms with Crippen LogP contribution in [0, 0.1) is 0 Å². The molecule has 1 heterocycles. The molecule has 0 aromatic rings. The molecule has 1 saturated heterocycles. The number of carbonyl (C=O) groups excluding carboxylic acids is 7. The van der Waals surface area contributed by atoms with Crippen molar-refractivity contribution in [2.75, 3.05) is 237 Å². The van der Waals surface area contributed by atoms with Gasteiger partial charge in [0.2, 0.25) is 17.7 Å². The van der Waals surface area contributed by atoms with Crippen LogP contribution in [-0.2, 0) is 105 Å². The first kappa shape index (κ1) is 88.7. The van der Waals surface area contributed by atoms with Crippen molar-refractivity contribution in [3.05, 3.63) is 0 Å². The molecule has 0 aromatic carbocycles. The molecular weight excluding hydrogens is 1240 g/mol. The molecule has 0 radical (unpaired) electrons. The molecule has 5 N–H and O–H groups in total. The monoisotopic (exact) mass is 1370 g/mol. The molecule has 1 unspecified atom stereocenters. The van der Waals surface area contributed by atoms with E-state index in [0.29, 0.717) is 171 Å². The van der Waals surface area contributed by atoms with Gasteiger partial charge in [0.05, 0.1) is 164 Å². The Kier molecular flexibility index (Phi) is 49.2. The molecule has 0 bridgehead atoms. The maximum absolute atomic E-state index is 14.2. The SMILES string of the molecule is COCCOCCOCCOCCOCCOCCNC(=O)CC[C@@H](N)C(=O)NCCOCCOCCOCCOCCOCCNC(=O)CCC(C(=O)OC(C)(C)C)N1CCN(CC(=O)OC(C)(C)C)CCN(CC(=O)OC(C)(C)C)CCN(CC(=O)OC(C)(C)C)CC1. The van der Waals surface area contributed by atoms with E-state index in [1.54, 1.807) is 90.2 Å². The summed E-state index contributed by atoms with van der Waals surface area (Å²) in [6, 6.07) is -1.71. The molecule has 0 spiro atoms. The van der Waals surface area contributed by atoms with Crippen LogP contribution in [0.4, 0.5) is 0 Å². The molecule has 0 aromatic heterocycles. The van der Waals surface area contributed by atoms with Gasteiger partial charge in [-0.25, -0.2) is 0 Å². The minimum atomic E-state index is -0.869. The molecule has 1 aliphatic rings. The van der Waals surface area contributed by atoms with Crippen LogP contribution in [0.2, 0.25) is 0 Å². The van der Waals surface area contributed by atoms with Gasteiger partial charge in [0, 0.05) is 91.9 Å². The molecule has 0 saturated carbocycles. The number of rotatable bonds is 51. The van der Waals surface area contributed by atoms with E-state index in [9.17, 15) is 33.6 Å². The number of amides is 3. The highest BCUT2D eigenvalue weighted by molar-refractivity contribution is 5.83. The Morgan fingerprint density at radius 3 is 0.916 bits per heavy atom. The molecule has 2 atom stereocenters. The Morgan fingerprint density at radius 1 is 0.358 bits per heavy atom. The largest absolute Gasteiger partial charge is 0.459 e. The van der Waals surface area contributed by atoms with E-state index in [0.717, 1.165) is 0 Å². The van der Waals surface area contributed by atoms with Crippen LogP contribution in [0.3, 0.4) is 0 Å². The van der Waals surface area contributed by atoms with Crippen molar-refractivity contribution in [3.8, 4) is 0 Å². The maximum atomic E-state index is 14.2. The zero-order chi connectivity index (χ0) is 70.8. The third-order valence-corrected chi connectivity index (χ3v) is 13.1. The molecule has 1 fully saturated rings. The van der Waals surface area contributed by atoms with Crippen LogP contribution >= 0.6 is 0 Å². The van der Waals surface area contributed by atoms with E-state index in [1.165, 1.54) is 0 Å². The molecule has 0 aliphatic carbocycles. The van der Waals surface area contributed by atoms with Crippen LogP contribution in [0.5, 0.6) is 0 Å². The lowest BCUT2D eigenvalue weighted by molar-refractivity contribution is -0.163. The lowest BCUT2D eigenvalue weighted by atomic mass is 10.1. The third kappa shape index (κ3) is 55.3. The zero-order valence-corrected chi connectivity index (χ0v) is 60.1. The number of nitrogens with one attached hydrogen (secondary N) is 3. The molecular formula is C65H124N8O22. The Labute approximate surface area is 566 Å². The van der Waals surface area contributed by atoms with Gasteiger partial charge in [-0.2, -0.15) is 0 Å². The molecule has 556 valence electrons. The summed E-state index contributed by atoms with van der Waals surface area (Å²) in [6.45, 7) is 33.2. The van der Waals surface area contributed by atoms with Crippen LogP contribution < -0.4 is 21.7 Å². The Hall–Kier alpha value is -4.35. The second-order valence-corrected chi connectivity index (χ2v) is 26.5. The van der Waals surface area contributed by atoms with E-state index < -0.39 is 58.4 Å². The van der Waals surface area contributed by atoms with Crippen molar-refractivity contribution in [1.82, 2.24) is 35.6 Å². The van der Waals surface area contributed by atoms with Gasteiger partial charge in [-0.15, -0.1) is 0 Å². The number of ether oxygens (including phenoxy) is 15. The van der Waals surface area contributed by atoms with E-state index in [1.807, 2.05) is 19.6 Å². The number of hydrogen-bond acceptors (Lipinski definition) is 27. The van der Waals surface area contributed by atoms with Gasteiger partial charge in [-0.3, -0.25) is 53.2 Å². The summed E-state index contributed by atoms with van der Waals surface area (Å²) in [5, 5.41) is 8.34. The standard InChI is InChI=1S/C65H124N8O22/c1-62(2,3)92-57(76)50-70-21-23-71(51-58(77)93-63(4,5)6)25-27-73(28-26-72(24-22-70)52-59(78)94-64(7,8)9)54(61(80)95-65(10,11)12)15-17-56(75)68-19-30-83-35-38-87-42-45-90-47-44-88-39-36-84-31-20-69-60(79)53(66)14-16-55(74)67-18-29-82-34-37-86-43-46-91-49-48-89-41-40-85-33-32-81-13/h53-54H,14-52,66H2,1-13H3,(H,67,74)(H,68,75)(H,69,79)/t53-,54?/m1/s1. The highest BCUT2D eigenvalue weighted by Crippen LogP contribution is 2.18. The number of esters is 4. The normalized spacial score (nSPS) is 15.3. The van der Waals surface area contributed by atoms with Gasteiger partial charge < -0.3 is 92.7 Å². The topological polar surface area (TPSA) is 333 Å². The highest BCUT2D eigenvalue weighted by atomic mass is 16.6. The Bertz CT molecular complexity index is 2010. The van der Waals surface area contributed by atoms with Gasteiger partial charge in [0.15, 0.2) is 0 Å². The van der Waals surface area contributed by atoms with Gasteiger partial charge in [0.25, 0.3) is 0 Å². The van der Waals surface area contributed by atoms with Crippen LogP contribution in [-0.4, -0.2) is 333 Å². The lowest BCUT2D eigenvalue weighted by Gasteiger charge is -2.37. The first-order chi connectivity index (χ1) is 44.9. The second-order valence-electron chi connectivity index (χ2n) is 26.5. The summed E-state index contributed by atoms with van der Waals surface area (Å²) in [5.74, 6) is -2.63. The van der Waals surface area contributed by atoms with E-state index in [-0.39, 0.29) is 102 Å². The summed E-state index contributed by atoms with van der Waals surface area (Å²) in [4.78, 5) is 99.6. The molecule has 95 heavy (non-hydrogen) atoms. The number of nitrogens with zero attached hydrogens (tertiary/aromatic N) is 4. The average Bonchev–Trinajstić information content (AvgIpc) is 0.907. The minimum absolute atomic E-state index is 0.00253. The fourth-order valence-electron chi connectivity index (χ4n) is 8.70. The molecule has 30 heteroatoms. The molecule has 3 amide bonds. The first-order valence-electron chi connectivity index (χ1n) is 33.6. The summed E-state index contributed by atoms with van der Waals surface area (Å²) in [7, 11) is 1.63. The van der Waals surface area contributed by atoms with Crippen molar-refractivity contribution in [2.24, 2.45) is 5.73 Å². The number of nitrogens with two attached hydrogens (primary N) is 1. The second kappa shape index (κ2) is 52.7. The lowest BCUT2D eigenvalue weighted by Crippen LogP contribution is -2.53. The van der Waals surface area contributed by atoms with Gasteiger partial charge in [-0.1, -0.05) is 0 Å². The number of methoxy groups -OCH3 is 1. The average molecular weight is 1370 g/mol. The van der Waals surface area contributed by atoms with Crippen molar-refractivity contribution in [2.45, 2.75) is 143 Å². The van der Waals surface area contributed by atoms with Crippen molar-refractivity contribution < 1.29 is 105 Å². The van der Waals surface area contributed by atoms with Crippen LogP contribution in [0.15, 0.2) is 0 Å². The number of carbonyl (C=O) groups is 7. The van der Waals surface area contributed by atoms with Crippen molar-refractivity contribution >= 4 is 41.6 Å². The fourth-order valence-corrected chi connectivity index (χ4v) is 8.70. The predicted octanol–water partition coefficient (Wildman–Crippen LogP) is 0.992. The van der Waals surface area contributed by atoms with E-state index in [2.05, 4.69) is 16.0 Å². The Balaban J connectivity index is 2.42. The number of hydrogen-bond donors (Lipinski definition) is 4. The highest BCUT2D eigenvalue weighted by Gasteiger charge is 2.33. The van der Waals surface area contributed by atoms with E-state index >= 15 is 0 Å². The fraction of sp³-hybridized carbons (Fsp3) is 0.892. The van der Waals surface area contributed by atoms with Gasteiger partial charge >= 0.3 is 23.9 Å². The summed E-state index contributed by atoms with van der Waals surface area (Å²) < 4.78 is 83.0. The summed E-state index contributed by atoms with van der Waals surface area (Å²) in [6.07, 6.45) is 0.405.